The van der Waals surface area contributed by atoms with Crippen LogP contribution in [0.25, 0.3) is 0 Å². The summed E-state index contributed by atoms with van der Waals surface area (Å²) in [6, 6.07) is 0. The Balaban J connectivity index is 2.15. The zero-order valence-corrected chi connectivity index (χ0v) is 9.47. The SMILES string of the molecule is C=CCN1CCCC(CNCCC)C1. The first-order chi connectivity index (χ1) is 6.86. The van der Waals surface area contributed by atoms with Gasteiger partial charge in [-0.3, -0.25) is 4.90 Å². The molecule has 1 N–H and O–H groups in total. The van der Waals surface area contributed by atoms with E-state index in [0.29, 0.717) is 0 Å². The molecular formula is C12H24N2. The van der Waals surface area contributed by atoms with Crippen LogP contribution >= 0.6 is 0 Å². The summed E-state index contributed by atoms with van der Waals surface area (Å²) in [5.41, 5.74) is 0. The zero-order valence-electron chi connectivity index (χ0n) is 9.47. The Morgan fingerprint density at radius 1 is 1.57 bits per heavy atom. The normalized spacial score (nSPS) is 23.6. The Labute approximate surface area is 88.4 Å². The minimum absolute atomic E-state index is 0.857. The molecule has 0 amide bonds. The van der Waals surface area contributed by atoms with Gasteiger partial charge in [-0.15, -0.1) is 6.58 Å². The summed E-state index contributed by atoms with van der Waals surface area (Å²) in [7, 11) is 0. The molecule has 14 heavy (non-hydrogen) atoms. The van der Waals surface area contributed by atoms with Crippen molar-refractivity contribution in [3.63, 3.8) is 0 Å². The summed E-state index contributed by atoms with van der Waals surface area (Å²) < 4.78 is 0. The molecule has 1 rings (SSSR count). The standard InChI is InChI=1S/C12H24N2/c1-3-7-13-10-12-6-5-9-14(11-12)8-4-2/h4,12-13H,2-3,5-11H2,1H3. The molecule has 1 unspecified atom stereocenters. The van der Waals surface area contributed by atoms with Gasteiger partial charge in [0, 0.05) is 13.1 Å². The minimum atomic E-state index is 0.857. The molecule has 1 heterocycles. The van der Waals surface area contributed by atoms with Crippen molar-refractivity contribution < 1.29 is 0 Å². The van der Waals surface area contributed by atoms with Gasteiger partial charge >= 0.3 is 0 Å². The quantitative estimate of drug-likeness (QED) is 0.515. The molecule has 2 heteroatoms. The molecule has 1 saturated heterocycles. The van der Waals surface area contributed by atoms with E-state index in [4.69, 9.17) is 0 Å². The molecule has 1 aliphatic rings. The number of rotatable bonds is 6. The minimum Gasteiger partial charge on any atom is -0.316 e. The third-order valence-corrected chi connectivity index (χ3v) is 2.85. The number of nitrogens with one attached hydrogen (secondary N) is 1. The molecule has 2 nitrogen and oxygen atoms in total. The largest absolute Gasteiger partial charge is 0.316 e. The number of hydrogen-bond acceptors (Lipinski definition) is 2. The highest BCUT2D eigenvalue weighted by atomic mass is 15.1. The van der Waals surface area contributed by atoms with Crippen molar-refractivity contribution in [3.8, 4) is 0 Å². The van der Waals surface area contributed by atoms with E-state index in [2.05, 4.69) is 23.7 Å². The van der Waals surface area contributed by atoms with Gasteiger partial charge in [-0.25, -0.2) is 0 Å². The fourth-order valence-electron chi connectivity index (χ4n) is 2.15. The van der Waals surface area contributed by atoms with Gasteiger partial charge in [0.1, 0.15) is 0 Å². The average molecular weight is 196 g/mol. The van der Waals surface area contributed by atoms with Crippen LogP contribution in [-0.4, -0.2) is 37.6 Å². The van der Waals surface area contributed by atoms with E-state index in [9.17, 15) is 0 Å². The number of nitrogens with zero attached hydrogens (tertiary/aromatic N) is 1. The lowest BCUT2D eigenvalue weighted by Crippen LogP contribution is -2.39. The monoisotopic (exact) mass is 196 g/mol. The summed E-state index contributed by atoms with van der Waals surface area (Å²) in [4.78, 5) is 2.51. The molecule has 0 aliphatic carbocycles. The smallest absolute Gasteiger partial charge is 0.0160 e. The maximum absolute atomic E-state index is 3.80. The van der Waals surface area contributed by atoms with E-state index in [1.165, 1.54) is 38.9 Å². The molecule has 1 atom stereocenters. The predicted molar refractivity (Wildman–Crippen MR) is 62.5 cm³/mol. The second-order valence-electron chi connectivity index (χ2n) is 4.26. The lowest BCUT2D eigenvalue weighted by Gasteiger charge is -2.32. The van der Waals surface area contributed by atoms with Gasteiger partial charge < -0.3 is 5.32 Å². The maximum Gasteiger partial charge on any atom is 0.0160 e. The fourth-order valence-corrected chi connectivity index (χ4v) is 2.15. The highest BCUT2D eigenvalue weighted by Gasteiger charge is 2.17. The van der Waals surface area contributed by atoms with Crippen molar-refractivity contribution in [2.24, 2.45) is 5.92 Å². The Morgan fingerprint density at radius 2 is 2.43 bits per heavy atom. The molecule has 0 radical (unpaired) electrons. The van der Waals surface area contributed by atoms with Gasteiger partial charge in [0.05, 0.1) is 0 Å². The van der Waals surface area contributed by atoms with Gasteiger partial charge in [-0.2, -0.15) is 0 Å². The van der Waals surface area contributed by atoms with Crippen LogP contribution in [0.4, 0.5) is 0 Å². The molecule has 1 fully saturated rings. The predicted octanol–water partition coefficient (Wildman–Crippen LogP) is 1.88. The maximum atomic E-state index is 3.80. The molecule has 0 bridgehead atoms. The van der Waals surface area contributed by atoms with Gasteiger partial charge in [0.25, 0.3) is 0 Å². The summed E-state index contributed by atoms with van der Waals surface area (Å²) in [6.07, 6.45) is 6.00. The van der Waals surface area contributed by atoms with E-state index in [1.807, 2.05) is 6.08 Å². The first-order valence-electron chi connectivity index (χ1n) is 5.90. The van der Waals surface area contributed by atoms with E-state index in [1.54, 1.807) is 0 Å². The third-order valence-electron chi connectivity index (χ3n) is 2.85. The fraction of sp³-hybridized carbons (Fsp3) is 0.833. The lowest BCUT2D eigenvalue weighted by atomic mass is 9.98. The summed E-state index contributed by atoms with van der Waals surface area (Å²) >= 11 is 0. The van der Waals surface area contributed by atoms with E-state index >= 15 is 0 Å². The number of hydrogen-bond donors (Lipinski definition) is 1. The zero-order chi connectivity index (χ0) is 10.2. The van der Waals surface area contributed by atoms with E-state index < -0.39 is 0 Å². The van der Waals surface area contributed by atoms with Crippen LogP contribution in [-0.2, 0) is 0 Å². The summed E-state index contributed by atoms with van der Waals surface area (Å²) in [6.45, 7) is 12.0. The molecular weight excluding hydrogens is 172 g/mol. The first-order valence-corrected chi connectivity index (χ1v) is 5.90. The van der Waals surface area contributed by atoms with Crippen LogP contribution in [0.3, 0.4) is 0 Å². The van der Waals surface area contributed by atoms with Crippen LogP contribution in [0.5, 0.6) is 0 Å². The van der Waals surface area contributed by atoms with Crippen molar-refractivity contribution in [2.75, 3.05) is 32.7 Å². The summed E-state index contributed by atoms with van der Waals surface area (Å²) in [5.74, 6) is 0.857. The second kappa shape index (κ2) is 7.02. The average Bonchev–Trinajstić information content (AvgIpc) is 2.19. The Hall–Kier alpha value is -0.340. The molecule has 82 valence electrons. The van der Waals surface area contributed by atoms with Crippen molar-refractivity contribution in [3.05, 3.63) is 12.7 Å². The highest BCUT2D eigenvalue weighted by molar-refractivity contribution is 4.80. The molecule has 0 aromatic carbocycles. The molecule has 1 aliphatic heterocycles. The van der Waals surface area contributed by atoms with Crippen molar-refractivity contribution in [1.29, 1.82) is 0 Å². The number of piperidine rings is 1. The molecule has 0 aromatic heterocycles. The van der Waals surface area contributed by atoms with Gasteiger partial charge in [-0.1, -0.05) is 13.0 Å². The van der Waals surface area contributed by atoms with Gasteiger partial charge in [-0.05, 0) is 44.8 Å². The van der Waals surface area contributed by atoms with Crippen LogP contribution in [0.1, 0.15) is 26.2 Å². The van der Waals surface area contributed by atoms with Crippen LogP contribution in [0.2, 0.25) is 0 Å². The van der Waals surface area contributed by atoms with Crippen LogP contribution in [0.15, 0.2) is 12.7 Å². The molecule has 0 aromatic rings. The summed E-state index contributed by atoms with van der Waals surface area (Å²) in [5, 5.41) is 3.51. The number of likely N-dealkylation sites (tertiary alicyclic amines) is 1. The topological polar surface area (TPSA) is 15.3 Å². The molecule has 0 saturated carbocycles. The van der Waals surface area contributed by atoms with Crippen molar-refractivity contribution in [2.45, 2.75) is 26.2 Å². The first kappa shape index (κ1) is 11.7. The lowest BCUT2D eigenvalue weighted by molar-refractivity contribution is 0.188. The van der Waals surface area contributed by atoms with Gasteiger partial charge in [0.2, 0.25) is 0 Å². The van der Waals surface area contributed by atoms with Crippen LogP contribution in [0, 0.1) is 5.92 Å². The Kier molecular flexibility index (Phi) is 5.88. The van der Waals surface area contributed by atoms with Crippen LogP contribution < -0.4 is 5.32 Å². The van der Waals surface area contributed by atoms with E-state index in [-0.39, 0.29) is 0 Å². The van der Waals surface area contributed by atoms with Crippen molar-refractivity contribution in [1.82, 2.24) is 10.2 Å². The third kappa shape index (κ3) is 4.25. The van der Waals surface area contributed by atoms with Crippen molar-refractivity contribution >= 4 is 0 Å². The molecule has 0 spiro atoms. The van der Waals surface area contributed by atoms with Gasteiger partial charge in [0.15, 0.2) is 0 Å². The van der Waals surface area contributed by atoms with E-state index in [0.717, 1.165) is 19.0 Å². The highest BCUT2D eigenvalue weighted by Crippen LogP contribution is 2.15. The Bertz CT molecular complexity index is 156. The Morgan fingerprint density at radius 3 is 3.14 bits per heavy atom. The second-order valence-corrected chi connectivity index (χ2v) is 4.26.